The Morgan fingerprint density at radius 1 is 0.686 bits per heavy atom. The molecule has 0 radical (unpaired) electrons. The van der Waals surface area contributed by atoms with Crippen LogP contribution in [-0.4, -0.2) is 41.7 Å². The molecule has 0 aliphatic carbocycles. The summed E-state index contributed by atoms with van der Waals surface area (Å²) in [6.45, 7) is 6.13. The molecule has 192 valence electrons. The van der Waals surface area contributed by atoms with E-state index < -0.39 is 0 Å². The maximum Gasteiger partial charge on any atom is 0.128 e. The molecule has 2 heterocycles. The van der Waals surface area contributed by atoms with Crippen molar-refractivity contribution in [2.45, 2.75) is 58.2 Å². The van der Waals surface area contributed by atoms with Crippen LogP contribution in [0.3, 0.4) is 0 Å². The molecule has 2 aliphatic rings. The first-order valence-corrected chi connectivity index (χ1v) is 12.7. The second kappa shape index (κ2) is 10.7. The molecule has 2 saturated heterocycles. The van der Waals surface area contributed by atoms with Crippen molar-refractivity contribution >= 4 is 0 Å². The highest BCUT2D eigenvalue weighted by molar-refractivity contribution is 5.44. The van der Waals surface area contributed by atoms with Gasteiger partial charge in [0, 0.05) is 34.1 Å². The fourth-order valence-corrected chi connectivity index (χ4v) is 5.84. The Balaban J connectivity index is 1.47. The van der Waals surface area contributed by atoms with Gasteiger partial charge in [-0.15, -0.1) is 0 Å². The fraction of sp³-hybridized carbons (Fsp3) is 0.586. The van der Waals surface area contributed by atoms with Crippen LogP contribution in [-0.2, 0) is 9.47 Å². The van der Waals surface area contributed by atoms with Gasteiger partial charge in [-0.05, 0) is 49.9 Å². The first kappa shape index (κ1) is 25.6. The van der Waals surface area contributed by atoms with Gasteiger partial charge < -0.3 is 28.4 Å². The van der Waals surface area contributed by atoms with E-state index in [0.29, 0.717) is 0 Å². The zero-order chi connectivity index (χ0) is 25.1. The maximum atomic E-state index is 6.16. The predicted molar refractivity (Wildman–Crippen MR) is 136 cm³/mol. The van der Waals surface area contributed by atoms with E-state index in [1.807, 2.05) is 24.3 Å². The summed E-state index contributed by atoms with van der Waals surface area (Å²) >= 11 is 0. The molecule has 35 heavy (non-hydrogen) atoms. The molecule has 0 spiro atoms. The minimum absolute atomic E-state index is 0.0426. The van der Waals surface area contributed by atoms with Crippen LogP contribution in [0.5, 0.6) is 23.0 Å². The van der Waals surface area contributed by atoms with Gasteiger partial charge in [-0.25, -0.2) is 0 Å². The van der Waals surface area contributed by atoms with Crippen molar-refractivity contribution in [3.63, 3.8) is 0 Å². The second-order valence-electron chi connectivity index (χ2n) is 9.88. The molecule has 2 aliphatic heterocycles. The molecule has 0 amide bonds. The molecule has 0 saturated carbocycles. The Morgan fingerprint density at radius 2 is 1.11 bits per heavy atom. The van der Waals surface area contributed by atoms with E-state index in [0.717, 1.165) is 79.4 Å². The van der Waals surface area contributed by atoms with Crippen LogP contribution < -0.4 is 18.9 Å². The molecule has 4 unspecified atom stereocenters. The zero-order valence-electron chi connectivity index (χ0n) is 22.0. The zero-order valence-corrected chi connectivity index (χ0v) is 22.0. The molecular weight excluding hydrogens is 444 g/mol. The van der Waals surface area contributed by atoms with Gasteiger partial charge >= 0.3 is 0 Å². The van der Waals surface area contributed by atoms with Gasteiger partial charge in [0.2, 0.25) is 0 Å². The molecule has 4 rings (SSSR count). The third-order valence-corrected chi connectivity index (χ3v) is 8.39. The van der Waals surface area contributed by atoms with Crippen LogP contribution in [0, 0.1) is 10.8 Å². The number of rotatable bonds is 12. The predicted octanol–water partition coefficient (Wildman–Crippen LogP) is 6.53. The lowest BCUT2D eigenvalue weighted by Crippen LogP contribution is -2.47. The van der Waals surface area contributed by atoms with Crippen LogP contribution in [0.4, 0.5) is 0 Å². The minimum atomic E-state index is 0.0426. The van der Waals surface area contributed by atoms with Gasteiger partial charge in [-0.1, -0.05) is 20.3 Å². The molecule has 6 heteroatoms. The highest BCUT2D eigenvalue weighted by atomic mass is 16.5. The Morgan fingerprint density at radius 3 is 1.40 bits per heavy atom. The maximum absolute atomic E-state index is 6.16. The monoisotopic (exact) mass is 484 g/mol. The van der Waals surface area contributed by atoms with Crippen LogP contribution in [0.1, 0.15) is 69.3 Å². The van der Waals surface area contributed by atoms with Gasteiger partial charge in [0.1, 0.15) is 23.0 Å². The average molecular weight is 485 g/mol. The van der Waals surface area contributed by atoms with Crippen molar-refractivity contribution < 1.29 is 28.4 Å². The summed E-state index contributed by atoms with van der Waals surface area (Å²) in [4.78, 5) is 0. The van der Waals surface area contributed by atoms with E-state index in [4.69, 9.17) is 28.4 Å². The lowest BCUT2D eigenvalue weighted by atomic mass is 9.65. The van der Waals surface area contributed by atoms with Gasteiger partial charge in [0.15, 0.2) is 0 Å². The van der Waals surface area contributed by atoms with Gasteiger partial charge in [0.05, 0.1) is 53.9 Å². The van der Waals surface area contributed by atoms with E-state index >= 15 is 0 Å². The highest BCUT2D eigenvalue weighted by Crippen LogP contribution is 2.57. The summed E-state index contributed by atoms with van der Waals surface area (Å²) in [6.07, 6.45) is 5.56. The molecule has 2 aromatic rings. The number of methoxy groups -OCH3 is 4. The van der Waals surface area contributed by atoms with Crippen molar-refractivity contribution in [2.24, 2.45) is 10.8 Å². The number of benzene rings is 2. The normalized spacial score (nSPS) is 27.5. The van der Waals surface area contributed by atoms with Gasteiger partial charge in [-0.2, -0.15) is 0 Å². The van der Waals surface area contributed by atoms with Crippen molar-refractivity contribution in [2.75, 3.05) is 41.7 Å². The summed E-state index contributed by atoms with van der Waals surface area (Å²) in [5.74, 6) is 3.25. The second-order valence-corrected chi connectivity index (χ2v) is 9.88. The Hall–Kier alpha value is -2.44. The minimum Gasteiger partial charge on any atom is -0.497 e. The molecule has 0 bridgehead atoms. The molecule has 4 atom stereocenters. The van der Waals surface area contributed by atoms with E-state index in [2.05, 4.69) is 26.0 Å². The third kappa shape index (κ3) is 4.58. The summed E-state index contributed by atoms with van der Waals surface area (Å²) < 4.78 is 34.5. The standard InChI is InChI=1S/C29H40O6/c1-7-28(18-34-26(28)22-12-10-20(30-3)16-24(22)32-5)14-9-15-29(8-2)19-35-27(29)23-13-11-21(31-4)17-25(23)33-6/h10-13,16-17,26-27H,7-9,14-15,18-19H2,1-6H3. The van der Waals surface area contributed by atoms with Crippen molar-refractivity contribution in [1.82, 2.24) is 0 Å². The van der Waals surface area contributed by atoms with E-state index in [9.17, 15) is 0 Å². The molecule has 0 aromatic heterocycles. The molecule has 6 nitrogen and oxygen atoms in total. The molecule has 0 N–H and O–H groups in total. The summed E-state index contributed by atoms with van der Waals surface area (Å²) in [5.41, 5.74) is 2.46. The van der Waals surface area contributed by atoms with Crippen LogP contribution in [0.2, 0.25) is 0 Å². The molecular formula is C29H40O6. The quantitative estimate of drug-likeness (QED) is 0.342. The number of hydrogen-bond acceptors (Lipinski definition) is 6. The third-order valence-electron chi connectivity index (χ3n) is 8.39. The largest absolute Gasteiger partial charge is 0.497 e. The lowest BCUT2D eigenvalue weighted by molar-refractivity contribution is -0.211. The first-order valence-electron chi connectivity index (χ1n) is 12.7. The van der Waals surface area contributed by atoms with Gasteiger partial charge in [-0.3, -0.25) is 0 Å². The first-order chi connectivity index (χ1) is 17.0. The Labute approximate surface area is 209 Å². The Kier molecular flexibility index (Phi) is 7.82. The van der Waals surface area contributed by atoms with Crippen LogP contribution in [0.25, 0.3) is 0 Å². The van der Waals surface area contributed by atoms with E-state index in [-0.39, 0.29) is 23.0 Å². The van der Waals surface area contributed by atoms with Crippen molar-refractivity contribution in [3.8, 4) is 23.0 Å². The van der Waals surface area contributed by atoms with Gasteiger partial charge in [0.25, 0.3) is 0 Å². The topological polar surface area (TPSA) is 55.4 Å². The smallest absolute Gasteiger partial charge is 0.128 e. The fourth-order valence-electron chi connectivity index (χ4n) is 5.84. The highest BCUT2D eigenvalue weighted by Gasteiger charge is 2.51. The van der Waals surface area contributed by atoms with E-state index in [1.54, 1.807) is 28.4 Å². The summed E-state index contributed by atoms with van der Waals surface area (Å²) in [7, 11) is 6.76. The van der Waals surface area contributed by atoms with E-state index in [1.165, 1.54) is 0 Å². The van der Waals surface area contributed by atoms with Crippen molar-refractivity contribution in [1.29, 1.82) is 0 Å². The van der Waals surface area contributed by atoms with Crippen molar-refractivity contribution in [3.05, 3.63) is 47.5 Å². The summed E-state index contributed by atoms with van der Waals surface area (Å²) in [5, 5.41) is 0. The SMILES string of the molecule is CCC1(CCCC2(CC)COC2c2ccc(OC)cc2OC)COC1c1ccc(OC)cc1OC. The molecule has 2 aromatic carbocycles. The number of ether oxygens (including phenoxy) is 6. The Bertz CT molecular complexity index is 919. The average Bonchev–Trinajstić information content (AvgIpc) is 2.88. The summed E-state index contributed by atoms with van der Waals surface area (Å²) in [6, 6.07) is 12.1. The lowest BCUT2D eigenvalue weighted by Gasteiger charge is -2.52. The number of hydrogen-bond donors (Lipinski definition) is 0. The van der Waals surface area contributed by atoms with Crippen LogP contribution >= 0.6 is 0 Å². The van der Waals surface area contributed by atoms with Crippen LogP contribution in [0.15, 0.2) is 36.4 Å². The molecule has 2 fully saturated rings.